The SMILES string of the molecule is CCCCOc1ccc(NC(=O)N(Cc2ccc(C(=O)NCCC(=O)O)cc2)c2ccc(C3=CCCCC3)cc2)cc1C(F)(F)F. The lowest BCUT2D eigenvalue weighted by molar-refractivity contribution is -0.139. The summed E-state index contributed by atoms with van der Waals surface area (Å²) in [6.45, 7) is 2.10. The van der Waals surface area contributed by atoms with Crippen LogP contribution in [0.1, 0.15) is 78.9 Å². The van der Waals surface area contributed by atoms with E-state index in [2.05, 4.69) is 16.7 Å². The lowest BCUT2D eigenvalue weighted by Crippen LogP contribution is -2.34. The minimum absolute atomic E-state index is 0.0152. The molecule has 0 saturated heterocycles. The number of alkyl halides is 3. The number of unbranched alkanes of at least 4 members (excludes halogenated alkanes) is 1. The van der Waals surface area contributed by atoms with Crippen molar-refractivity contribution >= 4 is 34.9 Å². The van der Waals surface area contributed by atoms with Crippen molar-refractivity contribution in [2.75, 3.05) is 23.4 Å². The maximum atomic E-state index is 13.9. The van der Waals surface area contributed by atoms with Crippen molar-refractivity contribution in [1.29, 1.82) is 0 Å². The molecule has 0 aliphatic heterocycles. The molecule has 11 heteroatoms. The second kappa shape index (κ2) is 16.0. The van der Waals surface area contributed by atoms with Crippen LogP contribution in [0.3, 0.4) is 0 Å². The molecule has 0 saturated carbocycles. The largest absolute Gasteiger partial charge is 0.493 e. The van der Waals surface area contributed by atoms with Crippen LogP contribution in [0, 0.1) is 0 Å². The number of halogens is 3. The van der Waals surface area contributed by atoms with Gasteiger partial charge in [-0.3, -0.25) is 14.5 Å². The Labute approximate surface area is 266 Å². The highest BCUT2D eigenvalue weighted by molar-refractivity contribution is 6.02. The van der Waals surface area contributed by atoms with E-state index in [0.717, 1.165) is 43.7 Å². The first kappa shape index (κ1) is 34.1. The zero-order valence-corrected chi connectivity index (χ0v) is 25.7. The summed E-state index contributed by atoms with van der Waals surface area (Å²) in [5.74, 6) is -1.75. The predicted molar refractivity (Wildman–Crippen MR) is 171 cm³/mol. The summed E-state index contributed by atoms with van der Waals surface area (Å²) in [7, 11) is 0. The maximum Gasteiger partial charge on any atom is 0.420 e. The van der Waals surface area contributed by atoms with Crippen molar-refractivity contribution in [3.05, 3.63) is 95.1 Å². The number of carboxylic acid groups (broad SMARTS) is 1. The molecule has 0 unspecified atom stereocenters. The van der Waals surface area contributed by atoms with E-state index in [9.17, 15) is 27.6 Å². The summed E-state index contributed by atoms with van der Waals surface area (Å²) in [6.07, 6.45) is 2.95. The lowest BCUT2D eigenvalue weighted by Gasteiger charge is -2.25. The Kier molecular flexibility index (Phi) is 11.8. The zero-order chi connectivity index (χ0) is 33.1. The molecule has 1 aliphatic rings. The highest BCUT2D eigenvalue weighted by Crippen LogP contribution is 2.38. The molecule has 0 atom stereocenters. The van der Waals surface area contributed by atoms with Crippen LogP contribution in [0.5, 0.6) is 5.75 Å². The summed E-state index contributed by atoms with van der Waals surface area (Å²) < 4.78 is 47.1. The van der Waals surface area contributed by atoms with Gasteiger partial charge in [0.25, 0.3) is 5.91 Å². The van der Waals surface area contributed by atoms with Crippen molar-refractivity contribution in [1.82, 2.24) is 5.32 Å². The van der Waals surface area contributed by atoms with Crippen LogP contribution in [0.15, 0.2) is 72.8 Å². The molecule has 46 heavy (non-hydrogen) atoms. The molecule has 1 aliphatic carbocycles. The van der Waals surface area contributed by atoms with Crippen LogP contribution in [0.4, 0.5) is 29.3 Å². The topological polar surface area (TPSA) is 108 Å². The number of amides is 3. The average Bonchev–Trinajstić information content (AvgIpc) is 3.04. The number of carbonyl (C=O) groups is 3. The van der Waals surface area contributed by atoms with Crippen molar-refractivity contribution in [2.45, 2.75) is 64.6 Å². The molecule has 4 rings (SSSR count). The fraction of sp³-hybridized carbons (Fsp3) is 0.343. The summed E-state index contributed by atoms with van der Waals surface area (Å²) in [5, 5.41) is 13.9. The molecular weight excluding hydrogens is 599 g/mol. The highest BCUT2D eigenvalue weighted by Gasteiger charge is 2.35. The van der Waals surface area contributed by atoms with Crippen molar-refractivity contribution < 1.29 is 37.4 Å². The molecule has 3 aromatic carbocycles. The first-order chi connectivity index (χ1) is 22.0. The average molecular weight is 638 g/mol. The van der Waals surface area contributed by atoms with Gasteiger partial charge in [-0.2, -0.15) is 13.2 Å². The molecule has 0 spiro atoms. The molecule has 0 fully saturated rings. The maximum absolute atomic E-state index is 13.9. The van der Waals surface area contributed by atoms with Crippen LogP contribution >= 0.6 is 0 Å². The Morgan fingerprint density at radius 2 is 1.72 bits per heavy atom. The number of aliphatic carboxylic acids is 1. The minimum atomic E-state index is -4.69. The summed E-state index contributed by atoms with van der Waals surface area (Å²) in [6, 6.07) is 16.7. The highest BCUT2D eigenvalue weighted by atomic mass is 19.4. The van der Waals surface area contributed by atoms with Crippen LogP contribution in [-0.4, -0.2) is 36.2 Å². The van der Waals surface area contributed by atoms with Gasteiger partial charge in [-0.05, 0) is 91.3 Å². The van der Waals surface area contributed by atoms with Crippen molar-refractivity contribution in [2.24, 2.45) is 0 Å². The van der Waals surface area contributed by atoms with Crippen LogP contribution in [-0.2, 0) is 17.5 Å². The normalized spacial score (nSPS) is 13.0. The fourth-order valence-corrected chi connectivity index (χ4v) is 5.04. The van der Waals surface area contributed by atoms with Gasteiger partial charge in [0.1, 0.15) is 5.75 Å². The third kappa shape index (κ3) is 9.60. The predicted octanol–water partition coefficient (Wildman–Crippen LogP) is 8.28. The van der Waals surface area contributed by atoms with E-state index >= 15 is 0 Å². The Morgan fingerprint density at radius 3 is 2.35 bits per heavy atom. The van der Waals surface area contributed by atoms with Crippen LogP contribution < -0.4 is 20.3 Å². The second-order valence-electron chi connectivity index (χ2n) is 11.0. The molecule has 3 N–H and O–H groups in total. The smallest absolute Gasteiger partial charge is 0.420 e. The van der Waals surface area contributed by atoms with Gasteiger partial charge in [0.05, 0.1) is 25.1 Å². The zero-order valence-electron chi connectivity index (χ0n) is 25.7. The van der Waals surface area contributed by atoms with Gasteiger partial charge >= 0.3 is 18.2 Å². The molecule has 3 amide bonds. The molecule has 0 bridgehead atoms. The number of nitrogens with zero attached hydrogens (tertiary/aromatic N) is 1. The quantitative estimate of drug-likeness (QED) is 0.164. The van der Waals surface area contributed by atoms with Gasteiger partial charge in [0, 0.05) is 23.5 Å². The standard InChI is InChI=1S/C35H38F3N3O5/c1-2-3-21-46-31-18-15-28(22-30(31)35(36,37)38)40-34(45)41(29-16-13-26(14-17-29)25-7-5-4-6-8-25)23-24-9-11-27(12-10-24)33(44)39-20-19-32(42)43/h7,9-18,22H,2-6,8,19-21,23H2,1H3,(H,39,44)(H,40,45)(H,42,43). The number of carboxylic acids is 1. The Morgan fingerprint density at radius 1 is 0.978 bits per heavy atom. The number of hydrogen-bond donors (Lipinski definition) is 3. The van der Waals surface area contributed by atoms with Gasteiger partial charge in [-0.1, -0.05) is 43.7 Å². The number of nitrogens with one attached hydrogen (secondary N) is 2. The molecule has 0 aromatic heterocycles. The fourth-order valence-electron chi connectivity index (χ4n) is 5.04. The van der Waals surface area contributed by atoms with Gasteiger partial charge in [0.15, 0.2) is 0 Å². The van der Waals surface area contributed by atoms with E-state index in [1.807, 2.05) is 19.1 Å². The molecule has 3 aromatic rings. The summed E-state index contributed by atoms with van der Waals surface area (Å²) in [4.78, 5) is 38.2. The number of urea groups is 1. The van der Waals surface area contributed by atoms with E-state index in [4.69, 9.17) is 9.84 Å². The summed E-state index contributed by atoms with van der Waals surface area (Å²) in [5.41, 5.74) is 2.78. The lowest BCUT2D eigenvalue weighted by atomic mass is 9.93. The first-order valence-electron chi connectivity index (χ1n) is 15.4. The third-order valence-corrected chi connectivity index (χ3v) is 7.56. The molecule has 244 valence electrons. The van der Waals surface area contributed by atoms with Crippen LogP contribution in [0.2, 0.25) is 0 Å². The second-order valence-corrected chi connectivity index (χ2v) is 11.0. The molecule has 8 nitrogen and oxygen atoms in total. The molecular formula is C35H38F3N3O5. The van der Waals surface area contributed by atoms with E-state index in [-0.39, 0.29) is 37.6 Å². The van der Waals surface area contributed by atoms with Crippen molar-refractivity contribution in [3.63, 3.8) is 0 Å². The minimum Gasteiger partial charge on any atom is -0.493 e. The van der Waals surface area contributed by atoms with Crippen molar-refractivity contribution in [3.8, 4) is 5.75 Å². The first-order valence-corrected chi connectivity index (χ1v) is 15.4. The van der Waals surface area contributed by atoms with Gasteiger partial charge in [-0.15, -0.1) is 0 Å². The van der Waals surface area contributed by atoms with Gasteiger partial charge < -0.3 is 20.5 Å². The Bertz CT molecular complexity index is 1540. The number of carbonyl (C=O) groups excluding carboxylic acids is 2. The summed E-state index contributed by atoms with van der Waals surface area (Å²) >= 11 is 0. The third-order valence-electron chi connectivity index (χ3n) is 7.56. The Balaban J connectivity index is 1.58. The van der Waals surface area contributed by atoms with E-state index in [1.165, 1.54) is 22.6 Å². The van der Waals surface area contributed by atoms with E-state index < -0.39 is 29.6 Å². The number of rotatable bonds is 13. The van der Waals surface area contributed by atoms with Crippen LogP contribution in [0.25, 0.3) is 5.57 Å². The number of ether oxygens (including phenoxy) is 1. The van der Waals surface area contributed by atoms with E-state index in [1.54, 1.807) is 36.4 Å². The monoisotopic (exact) mass is 637 g/mol. The number of benzene rings is 3. The van der Waals surface area contributed by atoms with Gasteiger partial charge in [0.2, 0.25) is 0 Å². The number of allylic oxidation sites excluding steroid dienone is 2. The molecule has 0 radical (unpaired) electrons. The number of anilines is 2. The number of hydrogen-bond acceptors (Lipinski definition) is 4. The molecule has 0 heterocycles. The van der Waals surface area contributed by atoms with E-state index in [0.29, 0.717) is 23.2 Å². The Hall–Kier alpha value is -4.80. The van der Waals surface area contributed by atoms with Gasteiger partial charge in [-0.25, -0.2) is 4.79 Å².